The predicted molar refractivity (Wildman–Crippen MR) is 94.9 cm³/mol. The lowest BCUT2D eigenvalue weighted by atomic mass is 10.1. The third kappa shape index (κ3) is 4.83. The van der Waals surface area contributed by atoms with Crippen molar-refractivity contribution in [3.05, 3.63) is 47.8 Å². The number of benzene rings is 1. The molecular formula is C18H26N4O2. The first-order chi connectivity index (χ1) is 11.5. The van der Waals surface area contributed by atoms with E-state index in [4.69, 9.17) is 0 Å². The van der Waals surface area contributed by atoms with Crippen molar-refractivity contribution in [3.8, 4) is 0 Å². The SMILES string of the molecule is CCCn1cc(NC(=O)N(CC)CC(O)c2ccc(C)cc2)cn1. The zero-order valence-electron chi connectivity index (χ0n) is 14.6. The number of aryl methyl sites for hydroxylation is 2. The molecule has 1 atom stereocenters. The lowest BCUT2D eigenvalue weighted by molar-refractivity contribution is 0.128. The molecule has 2 aromatic rings. The monoisotopic (exact) mass is 330 g/mol. The van der Waals surface area contributed by atoms with E-state index in [2.05, 4.69) is 17.3 Å². The molecule has 1 aromatic carbocycles. The van der Waals surface area contributed by atoms with Crippen LogP contribution in [0.1, 0.15) is 37.5 Å². The number of aliphatic hydroxyl groups is 1. The predicted octanol–water partition coefficient (Wildman–Crippen LogP) is 3.19. The minimum atomic E-state index is -0.709. The first-order valence-electron chi connectivity index (χ1n) is 8.36. The smallest absolute Gasteiger partial charge is 0.322 e. The summed E-state index contributed by atoms with van der Waals surface area (Å²) in [7, 11) is 0. The van der Waals surface area contributed by atoms with Gasteiger partial charge in [-0.25, -0.2) is 4.79 Å². The topological polar surface area (TPSA) is 70.4 Å². The maximum atomic E-state index is 12.4. The van der Waals surface area contributed by atoms with Gasteiger partial charge in [-0.2, -0.15) is 5.10 Å². The van der Waals surface area contributed by atoms with Crippen molar-refractivity contribution >= 4 is 11.7 Å². The first-order valence-corrected chi connectivity index (χ1v) is 8.36. The molecule has 1 unspecified atom stereocenters. The van der Waals surface area contributed by atoms with Gasteiger partial charge in [-0.05, 0) is 25.8 Å². The number of hydrogen-bond donors (Lipinski definition) is 2. The second kappa shape index (κ2) is 8.49. The Labute approximate surface area is 143 Å². The molecule has 2 rings (SSSR count). The molecule has 6 nitrogen and oxygen atoms in total. The summed E-state index contributed by atoms with van der Waals surface area (Å²) >= 11 is 0. The van der Waals surface area contributed by atoms with Gasteiger partial charge >= 0.3 is 6.03 Å². The largest absolute Gasteiger partial charge is 0.387 e. The van der Waals surface area contributed by atoms with Crippen LogP contribution in [0, 0.1) is 6.92 Å². The molecule has 0 spiro atoms. The molecule has 1 aromatic heterocycles. The van der Waals surface area contributed by atoms with Crippen molar-refractivity contribution in [3.63, 3.8) is 0 Å². The van der Waals surface area contributed by atoms with Crippen molar-refractivity contribution in [1.29, 1.82) is 0 Å². The van der Waals surface area contributed by atoms with Crippen molar-refractivity contribution < 1.29 is 9.90 Å². The Kier molecular flexibility index (Phi) is 6.37. The van der Waals surface area contributed by atoms with E-state index >= 15 is 0 Å². The molecule has 0 bridgehead atoms. The third-order valence-electron chi connectivity index (χ3n) is 3.86. The Bertz CT molecular complexity index is 651. The molecule has 2 N–H and O–H groups in total. The van der Waals surface area contributed by atoms with E-state index in [0.717, 1.165) is 24.1 Å². The number of hydrogen-bond acceptors (Lipinski definition) is 3. The van der Waals surface area contributed by atoms with Gasteiger partial charge in [0.2, 0.25) is 0 Å². The number of nitrogens with one attached hydrogen (secondary N) is 1. The minimum absolute atomic E-state index is 0.236. The fourth-order valence-electron chi connectivity index (χ4n) is 2.44. The van der Waals surface area contributed by atoms with Gasteiger partial charge < -0.3 is 15.3 Å². The van der Waals surface area contributed by atoms with Crippen LogP contribution in [0.2, 0.25) is 0 Å². The quantitative estimate of drug-likeness (QED) is 0.819. The number of anilines is 1. The first kappa shape index (κ1) is 18.0. The van der Waals surface area contributed by atoms with Crippen molar-refractivity contribution in [2.45, 2.75) is 39.8 Å². The number of aromatic nitrogens is 2. The zero-order chi connectivity index (χ0) is 17.5. The molecular weight excluding hydrogens is 304 g/mol. The van der Waals surface area contributed by atoms with E-state index in [9.17, 15) is 9.90 Å². The molecule has 0 saturated heterocycles. The van der Waals surface area contributed by atoms with Crippen LogP contribution >= 0.6 is 0 Å². The minimum Gasteiger partial charge on any atom is -0.387 e. The van der Waals surface area contributed by atoms with E-state index in [1.165, 1.54) is 0 Å². The van der Waals surface area contributed by atoms with Crippen molar-refractivity contribution in [1.82, 2.24) is 14.7 Å². The summed E-state index contributed by atoms with van der Waals surface area (Å²) in [6, 6.07) is 7.45. The van der Waals surface area contributed by atoms with Gasteiger partial charge in [-0.15, -0.1) is 0 Å². The lowest BCUT2D eigenvalue weighted by Crippen LogP contribution is -2.37. The van der Waals surface area contributed by atoms with Crippen LogP contribution in [0.15, 0.2) is 36.7 Å². The van der Waals surface area contributed by atoms with E-state index < -0.39 is 6.10 Å². The number of nitrogens with zero attached hydrogens (tertiary/aromatic N) is 3. The molecule has 0 aliphatic carbocycles. The molecule has 130 valence electrons. The maximum Gasteiger partial charge on any atom is 0.322 e. The van der Waals surface area contributed by atoms with Crippen molar-refractivity contribution in [2.75, 3.05) is 18.4 Å². The lowest BCUT2D eigenvalue weighted by Gasteiger charge is -2.24. The average molecular weight is 330 g/mol. The number of amides is 2. The van der Waals surface area contributed by atoms with Gasteiger partial charge in [0.15, 0.2) is 0 Å². The average Bonchev–Trinajstić information content (AvgIpc) is 3.00. The molecule has 0 aliphatic rings. The van der Waals surface area contributed by atoms with E-state index in [1.807, 2.05) is 44.3 Å². The molecule has 0 fully saturated rings. The van der Waals surface area contributed by atoms with Crippen LogP contribution in [0.4, 0.5) is 10.5 Å². The summed E-state index contributed by atoms with van der Waals surface area (Å²) in [5.74, 6) is 0. The van der Waals surface area contributed by atoms with Gasteiger partial charge in [-0.1, -0.05) is 36.8 Å². The molecule has 6 heteroatoms. The van der Waals surface area contributed by atoms with Gasteiger partial charge in [-0.3, -0.25) is 4.68 Å². The number of aliphatic hydroxyl groups excluding tert-OH is 1. The summed E-state index contributed by atoms with van der Waals surface area (Å²) < 4.78 is 1.80. The van der Waals surface area contributed by atoms with E-state index in [0.29, 0.717) is 12.2 Å². The normalized spacial score (nSPS) is 12.0. The fourth-order valence-corrected chi connectivity index (χ4v) is 2.44. The number of carbonyl (C=O) groups excluding carboxylic acids is 1. The maximum absolute atomic E-state index is 12.4. The fraction of sp³-hybridized carbons (Fsp3) is 0.444. The van der Waals surface area contributed by atoms with Crippen LogP contribution in [0.25, 0.3) is 0 Å². The molecule has 0 saturated carbocycles. The molecule has 0 radical (unpaired) electrons. The highest BCUT2D eigenvalue weighted by atomic mass is 16.3. The number of likely N-dealkylation sites (N-methyl/N-ethyl adjacent to an activating group) is 1. The van der Waals surface area contributed by atoms with E-state index in [1.54, 1.807) is 15.8 Å². The highest BCUT2D eigenvalue weighted by molar-refractivity contribution is 5.89. The van der Waals surface area contributed by atoms with Gasteiger partial charge in [0.05, 0.1) is 24.5 Å². The number of urea groups is 1. The van der Waals surface area contributed by atoms with Gasteiger partial charge in [0.25, 0.3) is 0 Å². The standard InChI is InChI=1S/C18H26N4O2/c1-4-10-22-12-16(11-19-22)20-18(24)21(5-2)13-17(23)15-8-6-14(3)7-9-15/h6-9,11-12,17,23H,4-5,10,13H2,1-3H3,(H,20,24). The van der Waals surface area contributed by atoms with Crippen LogP contribution in [-0.2, 0) is 6.54 Å². The van der Waals surface area contributed by atoms with Crippen LogP contribution in [0.3, 0.4) is 0 Å². The summed E-state index contributed by atoms with van der Waals surface area (Å²) in [5.41, 5.74) is 2.61. The summed E-state index contributed by atoms with van der Waals surface area (Å²) in [4.78, 5) is 14.0. The highest BCUT2D eigenvalue weighted by Gasteiger charge is 2.18. The van der Waals surface area contributed by atoms with Crippen molar-refractivity contribution in [2.24, 2.45) is 0 Å². The Morgan fingerprint density at radius 1 is 1.33 bits per heavy atom. The Hall–Kier alpha value is -2.34. The summed E-state index contributed by atoms with van der Waals surface area (Å²) in [6.07, 6.45) is 3.72. The third-order valence-corrected chi connectivity index (χ3v) is 3.86. The molecule has 2 amide bonds. The molecule has 24 heavy (non-hydrogen) atoms. The van der Waals surface area contributed by atoms with Crippen LogP contribution < -0.4 is 5.32 Å². The van der Waals surface area contributed by atoms with Gasteiger partial charge in [0, 0.05) is 19.3 Å². The van der Waals surface area contributed by atoms with Gasteiger partial charge in [0.1, 0.15) is 0 Å². The second-order valence-electron chi connectivity index (χ2n) is 5.89. The molecule has 0 aliphatic heterocycles. The number of carbonyl (C=O) groups is 1. The van der Waals surface area contributed by atoms with E-state index in [-0.39, 0.29) is 12.6 Å². The summed E-state index contributed by atoms with van der Waals surface area (Å²) in [6.45, 7) is 7.54. The highest BCUT2D eigenvalue weighted by Crippen LogP contribution is 2.16. The van der Waals surface area contributed by atoms with Crippen LogP contribution in [0.5, 0.6) is 0 Å². The summed E-state index contributed by atoms with van der Waals surface area (Å²) in [5, 5.41) is 17.4. The Morgan fingerprint density at radius 2 is 2.04 bits per heavy atom. The van der Waals surface area contributed by atoms with Crippen LogP contribution in [-0.4, -0.2) is 38.9 Å². The Balaban J connectivity index is 1.96. The Morgan fingerprint density at radius 3 is 2.67 bits per heavy atom. The number of rotatable bonds is 7. The second-order valence-corrected chi connectivity index (χ2v) is 5.89. The molecule has 1 heterocycles. The zero-order valence-corrected chi connectivity index (χ0v) is 14.6.